The van der Waals surface area contributed by atoms with Gasteiger partial charge in [-0.3, -0.25) is 4.79 Å². The van der Waals surface area contributed by atoms with Crippen molar-refractivity contribution in [3.05, 3.63) is 11.1 Å². The van der Waals surface area contributed by atoms with Gasteiger partial charge in [0.1, 0.15) is 0 Å². The predicted octanol–water partition coefficient (Wildman–Crippen LogP) is 1.83. The van der Waals surface area contributed by atoms with Gasteiger partial charge < -0.3 is 5.32 Å². The number of aromatic nitrogens is 2. The summed E-state index contributed by atoms with van der Waals surface area (Å²) in [6.07, 6.45) is 3.56. The molecule has 2 rings (SSSR count). The molecule has 6 heteroatoms. The van der Waals surface area contributed by atoms with Crippen molar-refractivity contribution < 1.29 is 4.79 Å². The third kappa shape index (κ3) is 2.75. The van der Waals surface area contributed by atoms with Gasteiger partial charge >= 0.3 is 0 Å². The van der Waals surface area contributed by atoms with Crippen LogP contribution in [0.4, 0.5) is 0 Å². The monoisotopic (exact) mass is 289 g/mol. The molecule has 1 amide bonds. The standard InChI is InChI=1S/C9H12BrN3OS/c10-4-3-9(1-2-9)6-11-8(14)7-5-15-13-12-7/h5H,1-4,6H2,(H,11,14). The summed E-state index contributed by atoms with van der Waals surface area (Å²) in [5, 5.41) is 9.31. The van der Waals surface area contributed by atoms with Crippen molar-refractivity contribution in [2.45, 2.75) is 19.3 Å². The number of carbonyl (C=O) groups excluding carboxylic acids is 1. The number of alkyl halides is 1. The quantitative estimate of drug-likeness (QED) is 0.842. The Morgan fingerprint density at radius 1 is 1.67 bits per heavy atom. The van der Waals surface area contributed by atoms with Crippen LogP contribution >= 0.6 is 27.5 Å². The highest BCUT2D eigenvalue weighted by Crippen LogP contribution is 2.48. The predicted molar refractivity (Wildman–Crippen MR) is 62.3 cm³/mol. The summed E-state index contributed by atoms with van der Waals surface area (Å²) in [4.78, 5) is 11.6. The SMILES string of the molecule is O=C(NCC1(CCBr)CC1)c1csnn1. The van der Waals surface area contributed by atoms with Crippen LogP contribution in [0.5, 0.6) is 0 Å². The molecule has 4 nitrogen and oxygen atoms in total. The first-order valence-corrected chi connectivity index (χ1v) is 6.83. The molecule has 1 heterocycles. The average Bonchev–Trinajstić information content (AvgIpc) is 2.81. The molecular weight excluding hydrogens is 278 g/mol. The molecule has 1 fully saturated rings. The van der Waals surface area contributed by atoms with E-state index in [1.54, 1.807) is 5.38 Å². The maximum atomic E-state index is 11.6. The Morgan fingerprint density at radius 2 is 2.47 bits per heavy atom. The highest BCUT2D eigenvalue weighted by atomic mass is 79.9. The smallest absolute Gasteiger partial charge is 0.272 e. The van der Waals surface area contributed by atoms with Crippen LogP contribution in [0.3, 0.4) is 0 Å². The molecule has 0 spiro atoms. The van der Waals surface area contributed by atoms with E-state index in [9.17, 15) is 4.79 Å². The lowest BCUT2D eigenvalue weighted by Gasteiger charge is -2.13. The van der Waals surface area contributed by atoms with Crippen LogP contribution in [-0.4, -0.2) is 27.4 Å². The van der Waals surface area contributed by atoms with Crippen LogP contribution in [0, 0.1) is 5.41 Å². The van der Waals surface area contributed by atoms with Gasteiger partial charge in [0.15, 0.2) is 5.69 Å². The Balaban J connectivity index is 1.81. The van der Waals surface area contributed by atoms with Gasteiger partial charge in [0.05, 0.1) is 0 Å². The molecule has 0 bridgehead atoms. The van der Waals surface area contributed by atoms with Crippen LogP contribution in [0.25, 0.3) is 0 Å². The van der Waals surface area contributed by atoms with E-state index in [0.29, 0.717) is 11.1 Å². The van der Waals surface area contributed by atoms with E-state index in [0.717, 1.165) is 18.3 Å². The first-order chi connectivity index (χ1) is 7.26. The van der Waals surface area contributed by atoms with E-state index in [-0.39, 0.29) is 5.91 Å². The number of halogens is 1. The Bertz CT molecular complexity index is 337. The van der Waals surface area contributed by atoms with E-state index < -0.39 is 0 Å². The van der Waals surface area contributed by atoms with Crippen LogP contribution in [0.15, 0.2) is 5.38 Å². The van der Waals surface area contributed by atoms with Gasteiger partial charge in [-0.15, -0.1) is 5.10 Å². The summed E-state index contributed by atoms with van der Waals surface area (Å²) < 4.78 is 3.66. The Kier molecular flexibility index (Phi) is 3.35. The van der Waals surface area contributed by atoms with E-state index in [1.165, 1.54) is 24.4 Å². The van der Waals surface area contributed by atoms with Crippen LogP contribution in [0.2, 0.25) is 0 Å². The Labute approximate surface area is 101 Å². The largest absolute Gasteiger partial charge is 0.350 e. The molecule has 0 atom stereocenters. The molecule has 0 aliphatic heterocycles. The van der Waals surface area contributed by atoms with Gasteiger partial charge in [-0.2, -0.15) is 0 Å². The molecule has 1 aromatic rings. The molecule has 0 radical (unpaired) electrons. The molecule has 1 saturated carbocycles. The molecule has 1 aliphatic rings. The second kappa shape index (κ2) is 4.57. The highest BCUT2D eigenvalue weighted by Gasteiger charge is 2.41. The number of carbonyl (C=O) groups is 1. The highest BCUT2D eigenvalue weighted by molar-refractivity contribution is 9.09. The third-order valence-electron chi connectivity index (χ3n) is 2.80. The number of hydrogen-bond donors (Lipinski definition) is 1. The van der Waals surface area contributed by atoms with E-state index >= 15 is 0 Å². The summed E-state index contributed by atoms with van der Waals surface area (Å²) in [6.45, 7) is 0.759. The fraction of sp³-hybridized carbons (Fsp3) is 0.667. The van der Waals surface area contributed by atoms with Crippen molar-refractivity contribution >= 4 is 33.4 Å². The van der Waals surface area contributed by atoms with Gasteiger partial charge in [0.25, 0.3) is 5.91 Å². The number of amides is 1. The van der Waals surface area contributed by atoms with E-state index in [2.05, 4.69) is 30.8 Å². The zero-order chi connectivity index (χ0) is 10.7. The molecule has 0 aromatic carbocycles. The molecule has 1 aromatic heterocycles. The summed E-state index contributed by atoms with van der Waals surface area (Å²) in [7, 11) is 0. The fourth-order valence-corrected chi connectivity index (χ4v) is 2.79. The minimum atomic E-state index is -0.107. The van der Waals surface area contributed by atoms with Crippen LogP contribution in [-0.2, 0) is 0 Å². The molecular formula is C9H12BrN3OS. The number of nitrogens with one attached hydrogen (secondary N) is 1. The average molecular weight is 290 g/mol. The zero-order valence-corrected chi connectivity index (χ0v) is 10.6. The van der Waals surface area contributed by atoms with E-state index in [1.807, 2.05) is 0 Å². The molecule has 1 aliphatic carbocycles. The number of nitrogens with zero attached hydrogens (tertiary/aromatic N) is 2. The van der Waals surface area contributed by atoms with Crippen molar-refractivity contribution in [3.63, 3.8) is 0 Å². The summed E-state index contributed by atoms with van der Waals surface area (Å²) >= 11 is 4.64. The molecule has 0 unspecified atom stereocenters. The Hall–Kier alpha value is -0.490. The van der Waals surface area contributed by atoms with Crippen molar-refractivity contribution in [1.29, 1.82) is 0 Å². The minimum absolute atomic E-state index is 0.107. The second-order valence-electron chi connectivity index (χ2n) is 3.91. The topological polar surface area (TPSA) is 54.9 Å². The van der Waals surface area contributed by atoms with Crippen LogP contribution in [0.1, 0.15) is 29.8 Å². The molecule has 1 N–H and O–H groups in total. The van der Waals surface area contributed by atoms with Crippen molar-refractivity contribution in [1.82, 2.24) is 14.9 Å². The summed E-state index contributed by atoms with van der Waals surface area (Å²) in [5.41, 5.74) is 0.775. The third-order valence-corrected chi connectivity index (χ3v) is 3.70. The first-order valence-electron chi connectivity index (χ1n) is 4.87. The lowest BCUT2D eigenvalue weighted by Crippen LogP contribution is -2.30. The maximum Gasteiger partial charge on any atom is 0.272 e. The van der Waals surface area contributed by atoms with Gasteiger partial charge in [-0.25, -0.2) is 0 Å². The lowest BCUT2D eigenvalue weighted by atomic mass is 10.0. The van der Waals surface area contributed by atoms with Crippen molar-refractivity contribution in [2.24, 2.45) is 5.41 Å². The zero-order valence-electron chi connectivity index (χ0n) is 8.20. The van der Waals surface area contributed by atoms with Crippen molar-refractivity contribution in [2.75, 3.05) is 11.9 Å². The minimum Gasteiger partial charge on any atom is -0.350 e. The molecule has 0 saturated heterocycles. The molecule has 82 valence electrons. The van der Waals surface area contributed by atoms with Crippen LogP contribution < -0.4 is 5.32 Å². The number of rotatable bonds is 5. The fourth-order valence-electron chi connectivity index (χ4n) is 1.51. The van der Waals surface area contributed by atoms with Crippen molar-refractivity contribution in [3.8, 4) is 0 Å². The first kappa shape index (κ1) is 11.0. The lowest BCUT2D eigenvalue weighted by molar-refractivity contribution is 0.0939. The Morgan fingerprint density at radius 3 is 3.00 bits per heavy atom. The summed E-state index contributed by atoms with van der Waals surface area (Å²) in [6, 6.07) is 0. The normalized spacial score (nSPS) is 17.4. The van der Waals surface area contributed by atoms with Gasteiger partial charge in [-0.1, -0.05) is 20.4 Å². The summed E-state index contributed by atoms with van der Waals surface area (Å²) in [5.74, 6) is -0.107. The van der Waals surface area contributed by atoms with E-state index in [4.69, 9.17) is 0 Å². The molecule has 15 heavy (non-hydrogen) atoms. The second-order valence-corrected chi connectivity index (χ2v) is 5.31. The van der Waals surface area contributed by atoms with Gasteiger partial charge in [0, 0.05) is 17.3 Å². The number of hydrogen-bond acceptors (Lipinski definition) is 4. The maximum absolute atomic E-state index is 11.6. The van der Waals surface area contributed by atoms with Gasteiger partial charge in [-0.05, 0) is 36.2 Å². The van der Waals surface area contributed by atoms with Gasteiger partial charge in [0.2, 0.25) is 0 Å².